The Hall–Kier alpha value is -3.04. The molecule has 0 fully saturated rings. The lowest BCUT2D eigenvalue weighted by molar-refractivity contribution is -0.137. The SMILES string of the molecule is Cc1nc2c(c(N[C@H](C)c3cc(N)cc(C(F)(F)F)c3)n1)CN(C(=O)OC(C)(C)C)CCC2. The summed E-state index contributed by atoms with van der Waals surface area (Å²) in [6.45, 7) is 9.65. The minimum atomic E-state index is -4.50. The van der Waals surface area contributed by atoms with E-state index in [0.717, 1.165) is 23.4 Å². The third-order valence-electron chi connectivity index (χ3n) is 5.21. The zero-order valence-electron chi connectivity index (χ0n) is 19.5. The van der Waals surface area contributed by atoms with E-state index in [2.05, 4.69) is 15.3 Å². The van der Waals surface area contributed by atoms with Crippen molar-refractivity contribution in [1.29, 1.82) is 0 Å². The standard InChI is InChI=1S/C23H30F3N5O2/c1-13(15-9-16(23(24,25)26)11-17(27)10-15)28-20-18-12-31(21(32)33-22(3,4)5)8-6-7-19(18)29-14(2)30-20/h9-11,13H,6-8,12,27H2,1-5H3,(H,28,29,30)/t13-/m1/s1. The molecule has 33 heavy (non-hydrogen) atoms. The quantitative estimate of drug-likeness (QED) is 0.602. The Labute approximate surface area is 191 Å². The number of nitrogens with two attached hydrogens (primary N) is 1. The summed E-state index contributed by atoms with van der Waals surface area (Å²) in [6.07, 6.45) is -3.57. The lowest BCUT2D eigenvalue weighted by atomic mass is 10.0. The molecule has 1 aromatic carbocycles. The molecule has 3 N–H and O–H groups in total. The van der Waals surface area contributed by atoms with Gasteiger partial charge in [0.05, 0.1) is 23.8 Å². The summed E-state index contributed by atoms with van der Waals surface area (Å²) >= 11 is 0. The summed E-state index contributed by atoms with van der Waals surface area (Å²) in [7, 11) is 0. The molecular formula is C23H30F3N5O2. The topological polar surface area (TPSA) is 93.4 Å². The number of nitrogens with one attached hydrogen (secondary N) is 1. The number of amides is 1. The molecule has 0 unspecified atom stereocenters. The van der Waals surface area contributed by atoms with Crippen LogP contribution in [-0.2, 0) is 23.9 Å². The van der Waals surface area contributed by atoms with E-state index in [0.29, 0.717) is 36.6 Å². The van der Waals surface area contributed by atoms with Gasteiger partial charge in [0.1, 0.15) is 17.2 Å². The highest BCUT2D eigenvalue weighted by atomic mass is 19.4. The fourth-order valence-electron chi connectivity index (χ4n) is 3.71. The fraction of sp³-hybridized carbons (Fsp3) is 0.522. The third-order valence-corrected chi connectivity index (χ3v) is 5.21. The second-order valence-corrected chi connectivity index (χ2v) is 9.30. The Bertz CT molecular complexity index is 1030. The van der Waals surface area contributed by atoms with Crippen LogP contribution < -0.4 is 11.1 Å². The number of aromatic nitrogens is 2. The molecule has 0 bridgehead atoms. The second-order valence-electron chi connectivity index (χ2n) is 9.30. The molecule has 0 radical (unpaired) electrons. The van der Waals surface area contributed by atoms with Crippen LogP contribution in [0.3, 0.4) is 0 Å². The minimum Gasteiger partial charge on any atom is -0.444 e. The van der Waals surface area contributed by atoms with Crippen LogP contribution in [-0.4, -0.2) is 33.1 Å². The number of carbonyl (C=O) groups is 1. The van der Waals surface area contributed by atoms with E-state index in [9.17, 15) is 18.0 Å². The van der Waals surface area contributed by atoms with Crippen molar-refractivity contribution in [3.63, 3.8) is 0 Å². The van der Waals surface area contributed by atoms with Crippen molar-refractivity contribution in [2.75, 3.05) is 17.6 Å². The number of benzene rings is 1. The molecule has 1 aromatic heterocycles. The van der Waals surface area contributed by atoms with Crippen LogP contribution in [0.5, 0.6) is 0 Å². The maximum Gasteiger partial charge on any atom is 0.416 e. The van der Waals surface area contributed by atoms with Gasteiger partial charge in [-0.15, -0.1) is 0 Å². The fourth-order valence-corrected chi connectivity index (χ4v) is 3.71. The number of fused-ring (bicyclic) bond motifs is 1. The number of nitrogen functional groups attached to an aromatic ring is 1. The highest BCUT2D eigenvalue weighted by Crippen LogP contribution is 2.34. The minimum absolute atomic E-state index is 0.0299. The number of hydrogen-bond acceptors (Lipinski definition) is 6. The van der Waals surface area contributed by atoms with Crippen LogP contribution in [0.1, 0.15) is 68.4 Å². The van der Waals surface area contributed by atoms with Gasteiger partial charge in [-0.1, -0.05) is 0 Å². The van der Waals surface area contributed by atoms with Gasteiger partial charge in [0.2, 0.25) is 0 Å². The number of anilines is 2. The Morgan fingerprint density at radius 1 is 1.21 bits per heavy atom. The highest BCUT2D eigenvalue weighted by molar-refractivity contribution is 5.69. The summed E-state index contributed by atoms with van der Waals surface area (Å²) in [5.41, 5.74) is 6.25. The average Bonchev–Trinajstić information content (AvgIpc) is 2.88. The van der Waals surface area contributed by atoms with Crippen molar-refractivity contribution in [3.8, 4) is 0 Å². The van der Waals surface area contributed by atoms with E-state index in [1.807, 2.05) is 0 Å². The monoisotopic (exact) mass is 465 g/mol. The number of rotatable bonds is 3. The molecule has 2 heterocycles. The first-order valence-electron chi connectivity index (χ1n) is 10.8. The number of halogens is 3. The Balaban J connectivity index is 1.92. The van der Waals surface area contributed by atoms with E-state index in [-0.39, 0.29) is 12.2 Å². The van der Waals surface area contributed by atoms with Crippen LogP contribution in [0, 0.1) is 6.92 Å². The van der Waals surface area contributed by atoms with Gasteiger partial charge >= 0.3 is 12.3 Å². The molecule has 0 aliphatic carbocycles. The largest absolute Gasteiger partial charge is 0.444 e. The van der Waals surface area contributed by atoms with Crippen LogP contribution in [0.25, 0.3) is 0 Å². The van der Waals surface area contributed by atoms with Crippen LogP contribution in [0.15, 0.2) is 18.2 Å². The van der Waals surface area contributed by atoms with Gasteiger partial charge in [-0.2, -0.15) is 13.2 Å². The maximum atomic E-state index is 13.3. The van der Waals surface area contributed by atoms with Crippen LogP contribution in [0.2, 0.25) is 0 Å². The molecule has 0 saturated heterocycles. The molecule has 180 valence electrons. The van der Waals surface area contributed by atoms with Crippen molar-refractivity contribution in [3.05, 3.63) is 46.4 Å². The van der Waals surface area contributed by atoms with Crippen molar-refractivity contribution in [1.82, 2.24) is 14.9 Å². The number of ether oxygens (including phenoxy) is 1. The maximum absolute atomic E-state index is 13.3. The first-order chi connectivity index (χ1) is 15.2. The van der Waals surface area contributed by atoms with E-state index >= 15 is 0 Å². The Kier molecular flexibility index (Phi) is 6.76. The van der Waals surface area contributed by atoms with Crippen molar-refractivity contribution in [2.24, 2.45) is 0 Å². The van der Waals surface area contributed by atoms with Crippen LogP contribution >= 0.6 is 0 Å². The molecule has 0 saturated carbocycles. The van der Waals surface area contributed by atoms with Gasteiger partial charge in [0.15, 0.2) is 0 Å². The van der Waals surface area contributed by atoms with Crippen LogP contribution in [0.4, 0.5) is 29.5 Å². The zero-order chi connectivity index (χ0) is 24.6. The summed E-state index contributed by atoms with van der Waals surface area (Å²) in [4.78, 5) is 23.3. The van der Waals surface area contributed by atoms with Gasteiger partial charge in [-0.3, -0.25) is 0 Å². The molecule has 1 aliphatic rings. The average molecular weight is 466 g/mol. The molecule has 1 atom stereocenters. The van der Waals surface area contributed by atoms with Crippen molar-refractivity contribution >= 4 is 17.6 Å². The lowest BCUT2D eigenvalue weighted by Gasteiger charge is -2.27. The lowest BCUT2D eigenvalue weighted by Crippen LogP contribution is -2.36. The van der Waals surface area contributed by atoms with E-state index in [1.54, 1.807) is 39.5 Å². The van der Waals surface area contributed by atoms with E-state index in [1.165, 1.54) is 6.07 Å². The van der Waals surface area contributed by atoms with Gasteiger partial charge in [0.25, 0.3) is 0 Å². The van der Waals surface area contributed by atoms with Gasteiger partial charge in [-0.25, -0.2) is 14.8 Å². The number of aryl methyl sites for hydroxylation is 2. The number of nitrogens with zero attached hydrogens (tertiary/aromatic N) is 3. The predicted molar refractivity (Wildman–Crippen MR) is 120 cm³/mol. The summed E-state index contributed by atoms with van der Waals surface area (Å²) in [5, 5.41) is 3.22. The molecule has 7 nitrogen and oxygen atoms in total. The number of hydrogen-bond donors (Lipinski definition) is 2. The third kappa shape index (κ3) is 6.27. The van der Waals surface area contributed by atoms with E-state index < -0.39 is 29.5 Å². The molecule has 1 amide bonds. The smallest absolute Gasteiger partial charge is 0.416 e. The van der Waals surface area contributed by atoms with Crippen molar-refractivity contribution < 1.29 is 22.7 Å². The second kappa shape index (κ2) is 9.07. The van der Waals surface area contributed by atoms with E-state index in [4.69, 9.17) is 10.5 Å². The highest BCUT2D eigenvalue weighted by Gasteiger charge is 2.32. The first-order valence-corrected chi connectivity index (χ1v) is 10.8. The molecule has 3 rings (SSSR count). The first kappa shape index (κ1) is 24.6. The molecular weight excluding hydrogens is 435 g/mol. The van der Waals surface area contributed by atoms with Gasteiger partial charge in [-0.05, 0) is 71.2 Å². The normalized spacial score (nSPS) is 15.5. The van der Waals surface area contributed by atoms with Gasteiger partial charge < -0.3 is 20.7 Å². The Morgan fingerprint density at radius 3 is 2.55 bits per heavy atom. The zero-order valence-corrected chi connectivity index (χ0v) is 19.5. The number of carbonyl (C=O) groups excluding carboxylic acids is 1. The predicted octanol–water partition coefficient (Wildman–Crippen LogP) is 5.24. The molecule has 1 aliphatic heterocycles. The molecule has 2 aromatic rings. The number of alkyl halides is 3. The summed E-state index contributed by atoms with van der Waals surface area (Å²) in [5.74, 6) is 1.02. The summed E-state index contributed by atoms with van der Waals surface area (Å²) < 4.78 is 45.3. The molecule has 10 heteroatoms. The Morgan fingerprint density at radius 2 is 1.91 bits per heavy atom. The molecule has 0 spiro atoms. The van der Waals surface area contributed by atoms with Crippen molar-refractivity contribution in [2.45, 2.75) is 71.8 Å². The summed E-state index contributed by atoms with van der Waals surface area (Å²) in [6, 6.07) is 2.97. The van der Waals surface area contributed by atoms with Gasteiger partial charge in [0, 0.05) is 17.8 Å².